The average molecular weight is 497 g/mol. The number of methoxy groups -OCH3 is 1. The molecule has 0 amide bonds. The van der Waals surface area contributed by atoms with Crippen LogP contribution >= 0.6 is 0 Å². The Morgan fingerprint density at radius 1 is 1.14 bits per heavy atom. The number of allylic oxidation sites excluding steroid dienone is 2. The second-order valence-electron chi connectivity index (χ2n) is 11.5. The minimum atomic E-state index is -0.513. The summed E-state index contributed by atoms with van der Waals surface area (Å²) in [5.41, 5.74) is 3.08. The van der Waals surface area contributed by atoms with Gasteiger partial charge in [0, 0.05) is 24.8 Å². The number of carbonyl (C=O) groups excluding carboxylic acids is 2. The fourth-order valence-corrected chi connectivity index (χ4v) is 5.01. The van der Waals surface area contributed by atoms with Crippen LogP contribution in [-0.2, 0) is 21.4 Å². The summed E-state index contributed by atoms with van der Waals surface area (Å²) in [5, 5.41) is 0. The first kappa shape index (κ1) is 29.8. The third-order valence-electron chi connectivity index (χ3n) is 8.33. The fourth-order valence-electron chi connectivity index (χ4n) is 5.01. The minimum Gasteiger partial charge on any atom is -0.469 e. The highest BCUT2D eigenvalue weighted by molar-refractivity contribution is 5.86. The first-order valence-electron chi connectivity index (χ1n) is 13.6. The third kappa shape index (κ3) is 7.78. The molecule has 0 radical (unpaired) electrons. The monoisotopic (exact) mass is 496 g/mol. The van der Waals surface area contributed by atoms with Crippen molar-refractivity contribution in [1.82, 2.24) is 9.55 Å². The lowest BCUT2D eigenvalue weighted by Crippen LogP contribution is -2.35. The highest BCUT2D eigenvalue weighted by atomic mass is 16.5. The summed E-state index contributed by atoms with van der Waals surface area (Å²) >= 11 is 0. The van der Waals surface area contributed by atoms with Crippen molar-refractivity contribution < 1.29 is 14.3 Å². The van der Waals surface area contributed by atoms with Gasteiger partial charge >= 0.3 is 5.97 Å². The van der Waals surface area contributed by atoms with E-state index in [0.29, 0.717) is 24.2 Å². The lowest BCUT2D eigenvalue weighted by atomic mass is 9.71. The number of benzene rings is 1. The van der Waals surface area contributed by atoms with Gasteiger partial charge in [-0.05, 0) is 68.1 Å². The molecule has 1 aromatic heterocycles. The van der Waals surface area contributed by atoms with Crippen LogP contribution in [0.1, 0.15) is 97.4 Å². The van der Waals surface area contributed by atoms with E-state index in [0.717, 1.165) is 37.0 Å². The molecule has 1 aromatic carbocycles. The second-order valence-corrected chi connectivity index (χ2v) is 11.5. The number of rotatable bonds is 14. The molecule has 0 unspecified atom stereocenters. The van der Waals surface area contributed by atoms with Crippen molar-refractivity contribution >= 4 is 22.8 Å². The number of esters is 1. The third-order valence-corrected chi connectivity index (χ3v) is 8.33. The Morgan fingerprint density at radius 2 is 1.83 bits per heavy atom. The van der Waals surface area contributed by atoms with E-state index in [1.165, 1.54) is 18.2 Å². The van der Waals surface area contributed by atoms with E-state index in [2.05, 4.69) is 67.7 Å². The predicted molar refractivity (Wildman–Crippen MR) is 149 cm³/mol. The molecule has 0 aliphatic rings. The maximum Gasteiger partial charge on any atom is 0.305 e. The van der Waals surface area contributed by atoms with E-state index in [9.17, 15) is 9.59 Å². The normalized spacial score (nSPS) is 15.7. The number of unbranched alkanes of at least 4 members (excludes halogenated alkanes) is 1. The summed E-state index contributed by atoms with van der Waals surface area (Å²) in [6.45, 7) is 14.7. The summed E-state index contributed by atoms with van der Waals surface area (Å²) < 4.78 is 6.87. The molecule has 36 heavy (non-hydrogen) atoms. The zero-order valence-electron chi connectivity index (χ0n) is 24.1. The molecule has 0 N–H and O–H groups in total. The number of hydrogen-bond donors (Lipinski definition) is 0. The smallest absolute Gasteiger partial charge is 0.305 e. The van der Waals surface area contributed by atoms with Crippen molar-refractivity contribution in [1.29, 1.82) is 0 Å². The van der Waals surface area contributed by atoms with Gasteiger partial charge < -0.3 is 9.30 Å². The highest BCUT2D eigenvalue weighted by Crippen LogP contribution is 2.34. The molecule has 4 atom stereocenters. The number of fused-ring (bicyclic) bond motifs is 1. The molecule has 2 rings (SSSR count). The Kier molecular flexibility index (Phi) is 10.9. The van der Waals surface area contributed by atoms with Crippen LogP contribution in [0.3, 0.4) is 0 Å². The van der Waals surface area contributed by atoms with E-state index in [-0.39, 0.29) is 24.1 Å². The highest BCUT2D eigenvalue weighted by Gasteiger charge is 2.35. The fraction of sp³-hybridized carbons (Fsp3) is 0.645. The Hall–Kier alpha value is -2.43. The van der Waals surface area contributed by atoms with Crippen LogP contribution in [0.2, 0.25) is 0 Å². The first-order chi connectivity index (χ1) is 16.9. The van der Waals surface area contributed by atoms with Gasteiger partial charge in [-0.1, -0.05) is 66.2 Å². The van der Waals surface area contributed by atoms with Crippen LogP contribution in [0.25, 0.3) is 11.0 Å². The van der Waals surface area contributed by atoms with Crippen LogP contribution in [0, 0.1) is 30.1 Å². The Labute approximate surface area is 218 Å². The van der Waals surface area contributed by atoms with Gasteiger partial charge in [-0.2, -0.15) is 0 Å². The summed E-state index contributed by atoms with van der Waals surface area (Å²) in [6.07, 6.45) is 9.76. The van der Waals surface area contributed by atoms with E-state index in [1.807, 2.05) is 27.7 Å². The number of imidazole rings is 1. The number of aromatic nitrogens is 2. The van der Waals surface area contributed by atoms with Gasteiger partial charge in [0.1, 0.15) is 11.6 Å². The van der Waals surface area contributed by atoms with Gasteiger partial charge in [0.25, 0.3) is 0 Å². The molecule has 200 valence electrons. The van der Waals surface area contributed by atoms with Gasteiger partial charge in [-0.3, -0.25) is 9.59 Å². The van der Waals surface area contributed by atoms with E-state index in [4.69, 9.17) is 4.74 Å². The lowest BCUT2D eigenvalue weighted by Gasteiger charge is -2.32. The molecule has 2 aromatic rings. The van der Waals surface area contributed by atoms with Crippen molar-refractivity contribution in [3.05, 3.63) is 41.7 Å². The van der Waals surface area contributed by atoms with Crippen LogP contribution in [0.15, 0.2) is 30.4 Å². The Morgan fingerprint density at radius 3 is 2.50 bits per heavy atom. The largest absolute Gasteiger partial charge is 0.469 e. The zero-order valence-corrected chi connectivity index (χ0v) is 24.1. The van der Waals surface area contributed by atoms with Crippen LogP contribution < -0.4 is 0 Å². The molecule has 0 bridgehead atoms. The van der Waals surface area contributed by atoms with E-state index in [1.54, 1.807) is 0 Å². The van der Waals surface area contributed by atoms with Crippen molar-refractivity contribution in [3.63, 3.8) is 0 Å². The standard InChI is InChI=1S/C31H48N2O3/c1-21(23(3)24(4)30(35)31(6,7)19-18-29(34)36-9)14-12-10-11-13-15-22(2)26-16-17-28-27(20-26)32-25(5)33(28)8/h11,13,16-17,20-24H,10,12,14-15,18-19H2,1-9H3/b13-11+/t21-,22-,23-,24+/m0/s1. The number of aryl methyl sites for hydroxylation is 2. The summed E-state index contributed by atoms with van der Waals surface area (Å²) in [6, 6.07) is 6.63. The average Bonchev–Trinajstić information content (AvgIpc) is 3.15. The molecular weight excluding hydrogens is 448 g/mol. The van der Waals surface area contributed by atoms with Crippen LogP contribution in [-0.4, -0.2) is 28.4 Å². The van der Waals surface area contributed by atoms with Gasteiger partial charge in [0.05, 0.1) is 18.1 Å². The van der Waals surface area contributed by atoms with E-state index >= 15 is 0 Å². The summed E-state index contributed by atoms with van der Waals surface area (Å²) in [7, 11) is 3.45. The van der Waals surface area contributed by atoms with Crippen molar-refractivity contribution in [3.8, 4) is 0 Å². The molecular formula is C31H48N2O3. The van der Waals surface area contributed by atoms with Crippen molar-refractivity contribution in [2.24, 2.45) is 30.2 Å². The van der Waals surface area contributed by atoms with E-state index < -0.39 is 5.41 Å². The number of nitrogens with zero attached hydrogens (tertiary/aromatic N) is 2. The van der Waals surface area contributed by atoms with Gasteiger partial charge in [0.15, 0.2) is 0 Å². The number of ketones is 1. The van der Waals surface area contributed by atoms with Crippen LogP contribution in [0.5, 0.6) is 0 Å². The van der Waals surface area contributed by atoms with Crippen molar-refractivity contribution in [2.45, 2.75) is 92.9 Å². The molecule has 1 heterocycles. The molecule has 0 fully saturated rings. The number of Topliss-reactive ketones (excluding diaryl/α,β-unsaturated/α-hetero) is 1. The van der Waals surface area contributed by atoms with Gasteiger partial charge in [-0.25, -0.2) is 4.98 Å². The summed E-state index contributed by atoms with van der Waals surface area (Å²) in [4.78, 5) is 29.3. The van der Waals surface area contributed by atoms with Crippen LogP contribution in [0.4, 0.5) is 0 Å². The number of carbonyl (C=O) groups is 2. The van der Waals surface area contributed by atoms with Crippen molar-refractivity contribution in [2.75, 3.05) is 7.11 Å². The molecule has 0 aliphatic heterocycles. The molecule has 0 saturated heterocycles. The molecule has 5 heteroatoms. The quantitative estimate of drug-likeness (QED) is 0.154. The van der Waals surface area contributed by atoms with Gasteiger partial charge in [-0.15, -0.1) is 0 Å². The maximum atomic E-state index is 13.1. The molecule has 0 saturated carbocycles. The number of ether oxygens (including phenoxy) is 1. The molecule has 0 aliphatic carbocycles. The molecule has 5 nitrogen and oxygen atoms in total. The predicted octanol–water partition coefficient (Wildman–Crippen LogP) is 7.56. The SMILES string of the molecule is COC(=O)CCC(C)(C)C(=O)[C@H](C)[C@@H](C)[C@@H](C)CCC/C=C/C[C@H](C)c1ccc2c(c1)nc(C)n2C. The first-order valence-corrected chi connectivity index (χ1v) is 13.6. The maximum absolute atomic E-state index is 13.1. The second kappa shape index (κ2) is 13.2. The Bertz CT molecular complexity index is 1050. The topological polar surface area (TPSA) is 61.2 Å². The zero-order chi connectivity index (χ0) is 27.0. The lowest BCUT2D eigenvalue weighted by molar-refractivity contribution is -0.142. The Balaban J connectivity index is 1.77. The minimum absolute atomic E-state index is 0.0238. The summed E-state index contributed by atoms with van der Waals surface area (Å²) in [5.74, 6) is 2.26. The van der Waals surface area contributed by atoms with Gasteiger partial charge in [0.2, 0.25) is 0 Å². The number of hydrogen-bond acceptors (Lipinski definition) is 4. The molecule has 0 spiro atoms.